The van der Waals surface area contributed by atoms with Gasteiger partial charge in [0.15, 0.2) is 9.84 Å². The van der Waals surface area contributed by atoms with Crippen LogP contribution in [0.3, 0.4) is 0 Å². The van der Waals surface area contributed by atoms with E-state index >= 15 is 0 Å². The summed E-state index contributed by atoms with van der Waals surface area (Å²) in [6.45, 7) is 0.0402. The summed E-state index contributed by atoms with van der Waals surface area (Å²) in [5.74, 6) is -1.03. The van der Waals surface area contributed by atoms with E-state index in [1.807, 2.05) is 0 Å². The first kappa shape index (κ1) is 16.7. The lowest BCUT2D eigenvalue weighted by Crippen LogP contribution is -2.43. The summed E-state index contributed by atoms with van der Waals surface area (Å²) >= 11 is 6.00. The molecule has 1 aromatic rings. The van der Waals surface area contributed by atoms with Gasteiger partial charge in [-0.3, -0.25) is 0 Å². The Kier molecular flexibility index (Phi) is 5.24. The fraction of sp³-hybridized carbons (Fsp3) is 0.571. The second-order valence-corrected chi connectivity index (χ2v) is 8.15. The Bertz CT molecular complexity index is 608. The summed E-state index contributed by atoms with van der Waals surface area (Å²) < 4.78 is 37.4. The molecule has 1 fully saturated rings. The lowest BCUT2D eigenvalue weighted by atomic mass is 9.89. The van der Waals surface area contributed by atoms with Crippen LogP contribution in [0.2, 0.25) is 5.02 Å². The van der Waals surface area contributed by atoms with Gasteiger partial charge in [-0.2, -0.15) is 0 Å². The van der Waals surface area contributed by atoms with Crippen LogP contribution in [0.25, 0.3) is 0 Å². The van der Waals surface area contributed by atoms with Crippen molar-refractivity contribution in [2.75, 3.05) is 12.3 Å². The van der Waals surface area contributed by atoms with E-state index in [1.165, 1.54) is 12.1 Å². The Morgan fingerprint density at radius 3 is 2.71 bits per heavy atom. The standard InChI is InChI=1S/C14H19ClFNO3S/c15-12-7-9(16)4-5-10(12)11(8-17)14(18)13-3-1-2-6-21(13,19)20/h4-5,7,11,13-14,18H,1-3,6,8,17H2. The van der Waals surface area contributed by atoms with Crippen molar-refractivity contribution in [2.24, 2.45) is 5.73 Å². The molecule has 0 bridgehead atoms. The first-order valence-corrected chi connectivity index (χ1v) is 9.01. The summed E-state index contributed by atoms with van der Waals surface area (Å²) in [5.41, 5.74) is 6.18. The van der Waals surface area contributed by atoms with E-state index in [0.29, 0.717) is 18.4 Å². The molecule has 0 aromatic heterocycles. The second kappa shape index (κ2) is 6.60. The molecule has 7 heteroatoms. The topological polar surface area (TPSA) is 80.4 Å². The first-order valence-electron chi connectivity index (χ1n) is 6.91. The number of hydrogen-bond donors (Lipinski definition) is 2. The molecule has 1 aromatic carbocycles. The predicted octanol–water partition coefficient (Wildman–Crippen LogP) is 1.85. The van der Waals surface area contributed by atoms with Gasteiger partial charge in [-0.1, -0.05) is 24.1 Å². The molecule has 0 aliphatic carbocycles. The van der Waals surface area contributed by atoms with Gasteiger partial charge < -0.3 is 10.8 Å². The zero-order valence-electron chi connectivity index (χ0n) is 11.5. The lowest BCUT2D eigenvalue weighted by Gasteiger charge is -2.32. The number of sulfone groups is 1. The third-order valence-corrected chi connectivity index (χ3v) is 6.66. The Morgan fingerprint density at radius 1 is 1.43 bits per heavy atom. The van der Waals surface area contributed by atoms with Crippen molar-refractivity contribution in [3.05, 3.63) is 34.6 Å². The molecule has 0 radical (unpaired) electrons. The maximum Gasteiger partial charge on any atom is 0.155 e. The average Bonchev–Trinajstić information content (AvgIpc) is 2.41. The van der Waals surface area contributed by atoms with Crippen molar-refractivity contribution in [1.29, 1.82) is 0 Å². The van der Waals surface area contributed by atoms with Crippen molar-refractivity contribution in [3.8, 4) is 0 Å². The fourth-order valence-electron chi connectivity index (χ4n) is 2.87. The van der Waals surface area contributed by atoms with E-state index in [-0.39, 0.29) is 17.3 Å². The minimum Gasteiger partial charge on any atom is -0.391 e. The van der Waals surface area contributed by atoms with Crippen molar-refractivity contribution >= 4 is 21.4 Å². The van der Waals surface area contributed by atoms with Crippen LogP contribution in [0.15, 0.2) is 18.2 Å². The van der Waals surface area contributed by atoms with E-state index in [9.17, 15) is 17.9 Å². The smallest absolute Gasteiger partial charge is 0.155 e. The van der Waals surface area contributed by atoms with E-state index in [4.69, 9.17) is 17.3 Å². The molecule has 1 aliphatic rings. The van der Waals surface area contributed by atoms with Crippen molar-refractivity contribution in [3.63, 3.8) is 0 Å². The fourth-order valence-corrected chi connectivity index (χ4v) is 5.23. The van der Waals surface area contributed by atoms with Crippen LogP contribution in [0, 0.1) is 5.82 Å². The average molecular weight is 336 g/mol. The highest BCUT2D eigenvalue weighted by molar-refractivity contribution is 7.92. The molecule has 0 saturated carbocycles. The number of aliphatic hydroxyl groups excluding tert-OH is 1. The maximum absolute atomic E-state index is 13.1. The zero-order valence-corrected chi connectivity index (χ0v) is 13.1. The van der Waals surface area contributed by atoms with Gasteiger partial charge in [-0.15, -0.1) is 0 Å². The van der Waals surface area contributed by atoms with E-state index in [0.717, 1.165) is 12.5 Å². The molecular weight excluding hydrogens is 317 g/mol. The van der Waals surface area contributed by atoms with Gasteiger partial charge in [0.05, 0.1) is 17.1 Å². The zero-order chi connectivity index (χ0) is 15.6. The van der Waals surface area contributed by atoms with Crippen molar-refractivity contribution < 1.29 is 17.9 Å². The molecule has 118 valence electrons. The monoisotopic (exact) mass is 335 g/mol. The summed E-state index contributed by atoms with van der Waals surface area (Å²) in [6.07, 6.45) is 0.660. The number of halogens is 2. The Hall–Kier alpha value is -0.690. The molecule has 1 saturated heterocycles. The molecule has 4 nitrogen and oxygen atoms in total. The molecule has 21 heavy (non-hydrogen) atoms. The van der Waals surface area contributed by atoms with Crippen LogP contribution in [0.5, 0.6) is 0 Å². The third-order valence-electron chi connectivity index (χ3n) is 4.04. The van der Waals surface area contributed by atoms with Crippen LogP contribution in [-0.4, -0.2) is 37.2 Å². The maximum atomic E-state index is 13.1. The molecule has 1 aliphatic heterocycles. The SMILES string of the molecule is NCC(c1ccc(F)cc1Cl)C(O)C1CCCCS1(=O)=O. The summed E-state index contributed by atoms with van der Waals surface area (Å²) in [5, 5.41) is 9.82. The molecular formula is C14H19ClFNO3S. The van der Waals surface area contributed by atoms with Crippen LogP contribution in [-0.2, 0) is 9.84 Å². The number of rotatable bonds is 4. The lowest BCUT2D eigenvalue weighted by molar-refractivity contribution is 0.133. The van der Waals surface area contributed by atoms with Gasteiger partial charge >= 0.3 is 0 Å². The van der Waals surface area contributed by atoms with Crippen molar-refractivity contribution in [2.45, 2.75) is 36.5 Å². The highest BCUT2D eigenvalue weighted by Crippen LogP contribution is 2.33. The molecule has 3 unspecified atom stereocenters. The Balaban J connectivity index is 2.32. The molecule has 2 rings (SSSR count). The van der Waals surface area contributed by atoms with E-state index in [1.54, 1.807) is 0 Å². The van der Waals surface area contributed by atoms with Gasteiger partial charge in [0.1, 0.15) is 5.82 Å². The highest BCUT2D eigenvalue weighted by Gasteiger charge is 2.39. The quantitative estimate of drug-likeness (QED) is 0.880. The first-order chi connectivity index (χ1) is 9.86. The summed E-state index contributed by atoms with van der Waals surface area (Å²) in [7, 11) is -3.33. The Labute approximate surface area is 129 Å². The summed E-state index contributed by atoms with van der Waals surface area (Å²) in [4.78, 5) is 0. The minimum atomic E-state index is -3.33. The third kappa shape index (κ3) is 3.56. The Morgan fingerprint density at radius 2 is 2.14 bits per heavy atom. The predicted molar refractivity (Wildman–Crippen MR) is 80.6 cm³/mol. The second-order valence-electron chi connectivity index (χ2n) is 5.40. The largest absolute Gasteiger partial charge is 0.391 e. The van der Waals surface area contributed by atoms with Crippen LogP contribution >= 0.6 is 11.6 Å². The van der Waals surface area contributed by atoms with Crippen LogP contribution in [0.4, 0.5) is 4.39 Å². The number of nitrogens with two attached hydrogens (primary N) is 1. The molecule has 3 N–H and O–H groups in total. The van der Waals surface area contributed by atoms with Crippen LogP contribution in [0.1, 0.15) is 30.7 Å². The molecule has 3 atom stereocenters. The molecule has 1 heterocycles. The van der Waals surface area contributed by atoms with Gasteiger partial charge in [0.25, 0.3) is 0 Å². The summed E-state index contributed by atoms with van der Waals surface area (Å²) in [6, 6.07) is 3.82. The van der Waals surface area contributed by atoms with Gasteiger partial charge in [-0.05, 0) is 30.5 Å². The number of benzene rings is 1. The minimum absolute atomic E-state index is 0.0402. The number of aliphatic hydroxyl groups is 1. The van der Waals surface area contributed by atoms with Crippen molar-refractivity contribution in [1.82, 2.24) is 0 Å². The van der Waals surface area contributed by atoms with E-state index in [2.05, 4.69) is 0 Å². The van der Waals surface area contributed by atoms with E-state index < -0.39 is 32.9 Å². The molecule has 0 spiro atoms. The van der Waals surface area contributed by atoms with Crippen LogP contribution < -0.4 is 5.73 Å². The number of hydrogen-bond acceptors (Lipinski definition) is 4. The molecule has 0 amide bonds. The van der Waals surface area contributed by atoms with Gasteiger partial charge in [0.2, 0.25) is 0 Å². The normalized spacial score (nSPS) is 24.5. The van der Waals surface area contributed by atoms with Gasteiger partial charge in [0, 0.05) is 17.5 Å². The highest BCUT2D eigenvalue weighted by atomic mass is 35.5. The van der Waals surface area contributed by atoms with Gasteiger partial charge in [-0.25, -0.2) is 12.8 Å².